The van der Waals surface area contributed by atoms with Crippen molar-refractivity contribution in [2.45, 2.75) is 127 Å². The highest BCUT2D eigenvalue weighted by Gasteiger charge is 2.62. The average Bonchev–Trinajstić information content (AvgIpc) is 4.13. The lowest BCUT2D eigenvalue weighted by Gasteiger charge is -2.29. The van der Waals surface area contributed by atoms with E-state index in [4.69, 9.17) is 19.2 Å². The Morgan fingerprint density at radius 1 is 1.07 bits per heavy atom. The van der Waals surface area contributed by atoms with Crippen LogP contribution in [0, 0.1) is 11.8 Å². The number of amides is 3. The number of rotatable bonds is 14. The SMILES string of the molecule is CCOC(=O)[C@@]12CC1/C=C\CCCCC[C@H](NC(=O)O)C(=O)N1C[C@H](Oc3nc4ccccc4c(OCCN4CCCCC4)c3/C=C/CCCC3CC3)C[C@H]1C(=O)N2. The number of carboxylic acid groups (broad SMARTS) is 1. The van der Waals surface area contributed by atoms with Gasteiger partial charge in [0.25, 0.3) is 0 Å². The number of piperidine rings is 1. The largest absolute Gasteiger partial charge is 0.491 e. The Morgan fingerprint density at radius 3 is 2.67 bits per heavy atom. The van der Waals surface area contributed by atoms with E-state index >= 15 is 0 Å². The van der Waals surface area contributed by atoms with E-state index in [0.717, 1.165) is 63.0 Å². The Balaban J connectivity index is 1.19. The van der Waals surface area contributed by atoms with Gasteiger partial charge in [0.2, 0.25) is 17.7 Å². The summed E-state index contributed by atoms with van der Waals surface area (Å²) in [7, 11) is 0. The Kier molecular flexibility index (Phi) is 13.9. The highest BCUT2D eigenvalue weighted by atomic mass is 16.5. The molecule has 0 radical (unpaired) electrons. The zero-order valence-electron chi connectivity index (χ0n) is 34.0. The molecule has 7 rings (SSSR count). The van der Waals surface area contributed by atoms with Gasteiger partial charge in [-0.15, -0.1) is 0 Å². The molecule has 3 amide bonds. The Hall–Kier alpha value is -4.65. The number of nitrogens with zero attached hydrogens (tertiary/aromatic N) is 3. The number of hydrogen-bond donors (Lipinski definition) is 3. The molecular formula is C45H61N5O8. The van der Waals surface area contributed by atoms with Gasteiger partial charge in [-0.2, -0.15) is 0 Å². The summed E-state index contributed by atoms with van der Waals surface area (Å²) in [6.45, 7) is 5.36. The predicted molar refractivity (Wildman–Crippen MR) is 220 cm³/mol. The van der Waals surface area contributed by atoms with Crippen LogP contribution in [0.2, 0.25) is 0 Å². The van der Waals surface area contributed by atoms with Crippen molar-refractivity contribution in [1.82, 2.24) is 25.4 Å². The van der Waals surface area contributed by atoms with Crippen molar-refractivity contribution in [3.63, 3.8) is 0 Å². The van der Waals surface area contributed by atoms with Crippen LogP contribution in [0.1, 0.15) is 109 Å². The van der Waals surface area contributed by atoms with E-state index < -0.39 is 47.6 Å². The molecule has 1 unspecified atom stereocenters. The molecule has 4 fully saturated rings. The number of esters is 1. The number of pyridine rings is 1. The molecule has 1 aromatic heterocycles. The van der Waals surface area contributed by atoms with E-state index in [-0.39, 0.29) is 25.5 Å². The minimum atomic E-state index is -1.31. The summed E-state index contributed by atoms with van der Waals surface area (Å²) in [5, 5.41) is 16.1. The van der Waals surface area contributed by atoms with E-state index in [0.29, 0.717) is 48.6 Å². The second-order valence-electron chi connectivity index (χ2n) is 16.7. The molecule has 314 valence electrons. The number of para-hydroxylation sites is 1. The van der Waals surface area contributed by atoms with Gasteiger partial charge in [0.05, 0.1) is 24.2 Å². The monoisotopic (exact) mass is 799 g/mol. The molecule has 2 saturated heterocycles. The summed E-state index contributed by atoms with van der Waals surface area (Å²) in [4.78, 5) is 62.9. The van der Waals surface area contributed by atoms with Crippen LogP contribution in [-0.2, 0) is 19.1 Å². The highest BCUT2D eigenvalue weighted by molar-refractivity contribution is 5.96. The number of nitrogens with one attached hydrogen (secondary N) is 2. The van der Waals surface area contributed by atoms with Crippen LogP contribution in [0.25, 0.3) is 17.0 Å². The summed E-state index contributed by atoms with van der Waals surface area (Å²) in [6, 6.07) is 5.76. The fourth-order valence-electron chi connectivity index (χ4n) is 8.86. The third kappa shape index (κ3) is 10.3. The minimum absolute atomic E-state index is 0.0225. The molecule has 3 aliphatic heterocycles. The van der Waals surface area contributed by atoms with Gasteiger partial charge in [0.15, 0.2) is 0 Å². The first-order valence-electron chi connectivity index (χ1n) is 21.8. The van der Waals surface area contributed by atoms with Crippen molar-refractivity contribution in [2.75, 3.05) is 39.4 Å². The lowest BCUT2D eigenvalue weighted by molar-refractivity contribution is -0.150. The van der Waals surface area contributed by atoms with Gasteiger partial charge in [0, 0.05) is 24.3 Å². The van der Waals surface area contributed by atoms with Crippen LogP contribution >= 0.6 is 0 Å². The standard InChI is InChI=1S/C45H61N5O8/c1-2-56-43(53)45-29-32(45)17-9-4-3-5-11-21-37(47-44(54)55)42(52)50-30-33(28-38(50)40(51)48-45)58-41-35(19-10-6-8-16-31-22-23-31)39(34-18-12-13-20-36(34)46-41)57-27-26-49-24-14-7-15-25-49/h9-10,12-13,17-20,31-33,37-38,47H,2-8,11,14-16,21-30H2,1H3,(H,48,51)(H,54,55)/b17-9-,19-10+/t32?,33-,37+,38+,45-/m1/s1. The first-order valence-corrected chi connectivity index (χ1v) is 21.8. The molecule has 5 aliphatic rings. The van der Waals surface area contributed by atoms with Gasteiger partial charge < -0.3 is 34.9 Å². The molecule has 1 aromatic carbocycles. The molecule has 0 spiro atoms. The molecule has 2 aromatic rings. The molecule has 13 nitrogen and oxygen atoms in total. The molecule has 2 aliphatic carbocycles. The average molecular weight is 800 g/mol. The van der Waals surface area contributed by atoms with Crippen molar-refractivity contribution >= 4 is 40.9 Å². The smallest absolute Gasteiger partial charge is 0.405 e. The van der Waals surface area contributed by atoms with Crippen LogP contribution in [0.4, 0.5) is 4.79 Å². The third-order valence-electron chi connectivity index (χ3n) is 12.4. The van der Waals surface area contributed by atoms with E-state index in [1.807, 2.05) is 42.5 Å². The number of benzene rings is 1. The highest BCUT2D eigenvalue weighted by Crippen LogP contribution is 2.46. The number of allylic oxidation sites excluding steroid dienone is 2. The third-order valence-corrected chi connectivity index (χ3v) is 12.4. The van der Waals surface area contributed by atoms with Gasteiger partial charge >= 0.3 is 12.1 Å². The lowest BCUT2D eigenvalue weighted by Crippen LogP contribution is -2.56. The summed E-state index contributed by atoms with van der Waals surface area (Å²) < 4.78 is 18.9. The first kappa shape index (κ1) is 41.5. The zero-order valence-corrected chi connectivity index (χ0v) is 34.0. The molecule has 2 saturated carbocycles. The quantitative estimate of drug-likeness (QED) is 0.108. The summed E-state index contributed by atoms with van der Waals surface area (Å²) >= 11 is 0. The van der Waals surface area contributed by atoms with Gasteiger partial charge in [0.1, 0.15) is 36.1 Å². The Bertz CT molecular complexity index is 1840. The molecular weight excluding hydrogens is 739 g/mol. The van der Waals surface area contributed by atoms with Crippen LogP contribution in [0.15, 0.2) is 42.5 Å². The molecule has 58 heavy (non-hydrogen) atoms. The van der Waals surface area contributed by atoms with Crippen molar-refractivity contribution in [1.29, 1.82) is 0 Å². The van der Waals surface area contributed by atoms with Crippen LogP contribution in [-0.4, -0.2) is 107 Å². The topological polar surface area (TPSA) is 160 Å². The Labute approximate surface area is 341 Å². The predicted octanol–water partition coefficient (Wildman–Crippen LogP) is 6.64. The second-order valence-corrected chi connectivity index (χ2v) is 16.7. The van der Waals surface area contributed by atoms with E-state index in [2.05, 4.69) is 21.6 Å². The van der Waals surface area contributed by atoms with Crippen molar-refractivity contribution in [3.05, 3.63) is 48.1 Å². The van der Waals surface area contributed by atoms with Gasteiger partial charge in [-0.05, 0) is 95.5 Å². The lowest BCUT2D eigenvalue weighted by atomic mass is 10.1. The number of aromatic nitrogens is 1. The maximum Gasteiger partial charge on any atom is 0.405 e. The maximum absolute atomic E-state index is 14.4. The second kappa shape index (κ2) is 19.4. The number of carbonyl (C=O) groups is 4. The number of carbonyl (C=O) groups excluding carboxylic acids is 3. The van der Waals surface area contributed by atoms with Gasteiger partial charge in [-0.1, -0.05) is 68.9 Å². The first-order chi connectivity index (χ1) is 28.3. The number of hydrogen-bond acceptors (Lipinski definition) is 9. The summed E-state index contributed by atoms with van der Waals surface area (Å²) in [5.74, 6) is 0.151. The normalized spacial score (nSPS) is 27.5. The van der Waals surface area contributed by atoms with Gasteiger partial charge in [-0.3, -0.25) is 14.5 Å². The fraction of sp³-hybridized carbons (Fsp3) is 0.622. The van der Waals surface area contributed by atoms with Crippen LogP contribution < -0.4 is 20.1 Å². The Morgan fingerprint density at radius 2 is 1.88 bits per heavy atom. The van der Waals surface area contributed by atoms with Crippen molar-refractivity contribution < 1.29 is 38.5 Å². The number of likely N-dealkylation sites (tertiary alicyclic amines) is 1. The van der Waals surface area contributed by atoms with Crippen molar-refractivity contribution in [3.8, 4) is 11.6 Å². The molecule has 0 bridgehead atoms. The minimum Gasteiger partial charge on any atom is -0.491 e. The molecule has 5 atom stereocenters. The number of fused-ring (bicyclic) bond motifs is 3. The van der Waals surface area contributed by atoms with E-state index in [1.54, 1.807) is 6.92 Å². The van der Waals surface area contributed by atoms with E-state index in [9.17, 15) is 24.3 Å². The molecule has 3 N–H and O–H groups in total. The zero-order chi connectivity index (χ0) is 40.5. The molecule has 4 heterocycles. The number of unbranched alkanes of at least 4 members (excludes halogenated alkanes) is 1. The van der Waals surface area contributed by atoms with E-state index in [1.165, 1.54) is 43.4 Å². The summed E-state index contributed by atoms with van der Waals surface area (Å²) in [6.07, 6.45) is 19.6. The summed E-state index contributed by atoms with van der Waals surface area (Å²) in [5.41, 5.74) is 0.185. The fourth-order valence-corrected chi connectivity index (χ4v) is 8.86. The maximum atomic E-state index is 14.4. The van der Waals surface area contributed by atoms with Crippen LogP contribution in [0.3, 0.4) is 0 Å². The van der Waals surface area contributed by atoms with Gasteiger partial charge in [-0.25, -0.2) is 14.6 Å². The molecule has 13 heteroatoms. The number of ether oxygens (including phenoxy) is 3. The van der Waals surface area contributed by atoms with Crippen LogP contribution in [0.5, 0.6) is 11.6 Å². The van der Waals surface area contributed by atoms with Crippen molar-refractivity contribution in [2.24, 2.45) is 11.8 Å².